The lowest BCUT2D eigenvalue weighted by Crippen LogP contribution is -2.34. The van der Waals surface area contributed by atoms with Gasteiger partial charge in [0.25, 0.3) is 0 Å². The van der Waals surface area contributed by atoms with Crippen LogP contribution in [0.2, 0.25) is 5.02 Å². The Bertz CT molecular complexity index is 1250. The normalized spacial score (nSPS) is 11.3. The first-order valence-corrected chi connectivity index (χ1v) is 11.8. The van der Waals surface area contributed by atoms with E-state index in [0.29, 0.717) is 22.1 Å². The van der Waals surface area contributed by atoms with Gasteiger partial charge in [-0.2, -0.15) is 9.57 Å². The molecule has 2 aromatic carbocycles. The van der Waals surface area contributed by atoms with E-state index in [4.69, 9.17) is 16.9 Å². The van der Waals surface area contributed by atoms with Gasteiger partial charge in [0.05, 0.1) is 23.1 Å². The van der Waals surface area contributed by atoms with E-state index in [9.17, 15) is 13.2 Å². The molecule has 0 fully saturated rings. The van der Waals surface area contributed by atoms with Crippen molar-refractivity contribution in [1.29, 1.82) is 5.26 Å². The fraction of sp³-hybridized carbons (Fsp3) is 0.190. The van der Waals surface area contributed by atoms with Crippen molar-refractivity contribution < 1.29 is 13.2 Å². The molecule has 31 heavy (non-hydrogen) atoms. The van der Waals surface area contributed by atoms with Gasteiger partial charge in [-0.3, -0.25) is 4.79 Å². The van der Waals surface area contributed by atoms with Crippen molar-refractivity contribution in [2.45, 2.75) is 18.2 Å². The number of nitrogens with zero attached hydrogens (tertiary/aromatic N) is 3. The number of nitrogens with one attached hydrogen (secondary N) is 1. The van der Waals surface area contributed by atoms with Gasteiger partial charge in [-0.15, -0.1) is 11.3 Å². The van der Waals surface area contributed by atoms with E-state index in [0.717, 1.165) is 20.3 Å². The van der Waals surface area contributed by atoms with Crippen LogP contribution >= 0.6 is 22.9 Å². The summed E-state index contributed by atoms with van der Waals surface area (Å²) in [7, 11) is -2.54. The molecule has 0 aliphatic rings. The number of rotatable bonds is 7. The van der Waals surface area contributed by atoms with Crippen molar-refractivity contribution in [2.24, 2.45) is 0 Å². The van der Waals surface area contributed by atoms with Gasteiger partial charge < -0.3 is 5.32 Å². The molecule has 10 heteroatoms. The Morgan fingerprint density at radius 2 is 1.97 bits per heavy atom. The predicted octanol–water partition coefficient (Wildman–Crippen LogP) is 3.83. The van der Waals surface area contributed by atoms with E-state index >= 15 is 0 Å². The highest BCUT2D eigenvalue weighted by Gasteiger charge is 2.23. The summed E-state index contributed by atoms with van der Waals surface area (Å²) >= 11 is 7.48. The number of hydrogen-bond donors (Lipinski definition) is 1. The Morgan fingerprint density at radius 1 is 1.26 bits per heavy atom. The smallest absolute Gasteiger partial charge is 0.243 e. The highest BCUT2D eigenvalue weighted by Crippen LogP contribution is 2.24. The number of aromatic nitrogens is 1. The standard InChI is InChI=1S/C21H19ClN4O3S2/c1-14-3-4-16(10-19(14)22)9-17-12-24-21(30-17)25-20(27)13-26(2)31(28,29)18-7-5-15(11-23)6-8-18/h3-8,10,12H,9,13H2,1-2H3,(H,24,25,27). The molecule has 0 spiro atoms. The van der Waals surface area contributed by atoms with E-state index in [-0.39, 0.29) is 11.4 Å². The summed E-state index contributed by atoms with van der Waals surface area (Å²) in [5, 5.41) is 12.6. The fourth-order valence-electron chi connectivity index (χ4n) is 2.72. The summed E-state index contributed by atoms with van der Waals surface area (Å²) in [6.45, 7) is 1.57. The average molecular weight is 475 g/mol. The molecule has 0 saturated carbocycles. The van der Waals surface area contributed by atoms with E-state index in [2.05, 4.69) is 10.3 Å². The van der Waals surface area contributed by atoms with Crippen molar-refractivity contribution >= 4 is 44.0 Å². The molecule has 160 valence electrons. The third-order valence-electron chi connectivity index (χ3n) is 4.47. The van der Waals surface area contributed by atoms with Crippen LogP contribution in [0.15, 0.2) is 53.6 Å². The molecule has 1 amide bonds. The molecule has 1 N–H and O–H groups in total. The summed E-state index contributed by atoms with van der Waals surface area (Å²) in [6.07, 6.45) is 2.30. The lowest BCUT2D eigenvalue weighted by molar-refractivity contribution is -0.116. The average Bonchev–Trinajstić information content (AvgIpc) is 3.17. The first-order valence-electron chi connectivity index (χ1n) is 9.15. The number of hydrogen-bond acceptors (Lipinski definition) is 6. The summed E-state index contributed by atoms with van der Waals surface area (Å²) in [4.78, 5) is 17.5. The molecule has 0 aliphatic carbocycles. The Balaban J connectivity index is 1.61. The van der Waals surface area contributed by atoms with Crippen LogP contribution in [0.1, 0.15) is 21.6 Å². The van der Waals surface area contributed by atoms with Gasteiger partial charge in [-0.05, 0) is 48.4 Å². The Hall–Kier alpha value is -2.77. The number of likely N-dealkylation sites (N-methyl/N-ethyl adjacent to an activating group) is 1. The first kappa shape index (κ1) is 22.9. The van der Waals surface area contributed by atoms with E-state index in [1.807, 2.05) is 31.2 Å². The highest BCUT2D eigenvalue weighted by molar-refractivity contribution is 7.89. The number of anilines is 1. The zero-order valence-electron chi connectivity index (χ0n) is 16.8. The molecule has 0 atom stereocenters. The van der Waals surface area contributed by atoms with Gasteiger partial charge in [0.1, 0.15) is 0 Å². The van der Waals surface area contributed by atoms with Crippen LogP contribution in [0.4, 0.5) is 5.13 Å². The van der Waals surface area contributed by atoms with Gasteiger partial charge in [0.2, 0.25) is 15.9 Å². The highest BCUT2D eigenvalue weighted by atomic mass is 35.5. The zero-order chi connectivity index (χ0) is 22.6. The molecule has 7 nitrogen and oxygen atoms in total. The maximum Gasteiger partial charge on any atom is 0.243 e. The minimum Gasteiger partial charge on any atom is -0.301 e. The van der Waals surface area contributed by atoms with E-state index < -0.39 is 15.9 Å². The monoisotopic (exact) mass is 474 g/mol. The molecule has 0 radical (unpaired) electrons. The lowest BCUT2D eigenvalue weighted by Gasteiger charge is -2.16. The number of nitriles is 1. The maximum absolute atomic E-state index is 12.6. The van der Waals surface area contributed by atoms with Crippen molar-refractivity contribution in [2.75, 3.05) is 18.9 Å². The fourth-order valence-corrected chi connectivity index (χ4v) is 4.92. The number of halogens is 1. The van der Waals surface area contributed by atoms with Crippen LogP contribution in [0.25, 0.3) is 0 Å². The zero-order valence-corrected chi connectivity index (χ0v) is 19.2. The topological polar surface area (TPSA) is 103 Å². The quantitative estimate of drug-likeness (QED) is 0.560. The second-order valence-electron chi connectivity index (χ2n) is 6.84. The number of sulfonamides is 1. The molecule has 0 unspecified atom stereocenters. The minimum atomic E-state index is -3.86. The van der Waals surface area contributed by atoms with Crippen LogP contribution in [0.3, 0.4) is 0 Å². The molecule has 3 rings (SSSR count). The summed E-state index contributed by atoms with van der Waals surface area (Å²) in [6, 6.07) is 13.3. The molecule has 0 bridgehead atoms. The number of carbonyl (C=O) groups is 1. The molecule has 1 aromatic heterocycles. The number of amides is 1. The first-order chi connectivity index (χ1) is 14.7. The Morgan fingerprint density at radius 3 is 2.61 bits per heavy atom. The van der Waals surface area contributed by atoms with Crippen molar-refractivity contribution in [3.05, 3.63) is 75.3 Å². The van der Waals surface area contributed by atoms with E-state index in [1.165, 1.54) is 42.6 Å². The van der Waals surface area contributed by atoms with Crippen molar-refractivity contribution in [1.82, 2.24) is 9.29 Å². The summed E-state index contributed by atoms with van der Waals surface area (Å²) < 4.78 is 26.2. The predicted molar refractivity (Wildman–Crippen MR) is 121 cm³/mol. The molecular formula is C21H19ClN4O3S2. The largest absolute Gasteiger partial charge is 0.301 e. The second kappa shape index (κ2) is 9.58. The van der Waals surface area contributed by atoms with Crippen LogP contribution < -0.4 is 5.32 Å². The minimum absolute atomic E-state index is 0.00935. The van der Waals surface area contributed by atoms with Crippen LogP contribution in [-0.4, -0.2) is 37.2 Å². The Labute approximate surface area is 190 Å². The SMILES string of the molecule is Cc1ccc(Cc2cnc(NC(=O)CN(C)S(=O)(=O)c3ccc(C#N)cc3)s2)cc1Cl. The molecule has 0 aliphatic heterocycles. The third-order valence-corrected chi connectivity index (χ3v) is 7.61. The maximum atomic E-state index is 12.6. The van der Waals surface area contributed by atoms with E-state index in [1.54, 1.807) is 6.20 Å². The summed E-state index contributed by atoms with van der Waals surface area (Å²) in [5.74, 6) is -0.501. The van der Waals surface area contributed by atoms with Gasteiger partial charge in [-0.25, -0.2) is 13.4 Å². The van der Waals surface area contributed by atoms with Gasteiger partial charge in [0, 0.05) is 29.6 Å². The van der Waals surface area contributed by atoms with Gasteiger partial charge in [-0.1, -0.05) is 23.7 Å². The Kier molecular flexibility index (Phi) is 7.08. The number of benzene rings is 2. The third kappa shape index (κ3) is 5.68. The molecular weight excluding hydrogens is 456 g/mol. The summed E-state index contributed by atoms with van der Waals surface area (Å²) in [5.41, 5.74) is 2.39. The van der Waals surface area contributed by atoms with Crippen molar-refractivity contribution in [3.63, 3.8) is 0 Å². The van der Waals surface area contributed by atoms with Crippen LogP contribution in [0, 0.1) is 18.3 Å². The number of aryl methyl sites for hydroxylation is 1. The lowest BCUT2D eigenvalue weighted by atomic mass is 10.1. The number of thiazole rings is 1. The van der Waals surface area contributed by atoms with Crippen molar-refractivity contribution in [3.8, 4) is 6.07 Å². The molecule has 3 aromatic rings. The van der Waals surface area contributed by atoms with Crippen LogP contribution in [0.5, 0.6) is 0 Å². The van der Waals surface area contributed by atoms with Gasteiger partial charge >= 0.3 is 0 Å². The molecule has 0 saturated heterocycles. The number of carbonyl (C=O) groups excluding carboxylic acids is 1. The van der Waals surface area contributed by atoms with Crippen LogP contribution in [-0.2, 0) is 21.2 Å². The molecule has 1 heterocycles. The van der Waals surface area contributed by atoms with Gasteiger partial charge in [0.15, 0.2) is 5.13 Å². The second-order valence-corrected chi connectivity index (χ2v) is 10.4.